The zero-order chi connectivity index (χ0) is 15.4. The van der Waals surface area contributed by atoms with Crippen molar-refractivity contribution in [2.75, 3.05) is 18.5 Å². The molecule has 1 fully saturated rings. The maximum atomic E-state index is 12.1. The van der Waals surface area contributed by atoms with E-state index in [0.717, 1.165) is 11.3 Å². The molecule has 1 aromatic carbocycles. The molecule has 2 atom stereocenters. The highest BCUT2D eigenvalue weighted by atomic mass is 16.6. The number of rotatable bonds is 2. The number of ether oxygens (including phenoxy) is 2. The monoisotopic (exact) mass is 303 g/mol. The molecular formula is C16H17NO5. The van der Waals surface area contributed by atoms with E-state index in [2.05, 4.69) is 5.32 Å². The second kappa shape index (κ2) is 4.55. The minimum Gasteiger partial charge on any atom is -0.479 e. The summed E-state index contributed by atoms with van der Waals surface area (Å²) >= 11 is 0. The summed E-state index contributed by atoms with van der Waals surface area (Å²) in [6.07, 6.45) is 2.60. The van der Waals surface area contributed by atoms with Gasteiger partial charge in [-0.2, -0.15) is 0 Å². The normalized spacial score (nSPS) is 32.3. The van der Waals surface area contributed by atoms with Crippen molar-refractivity contribution in [1.82, 2.24) is 0 Å². The van der Waals surface area contributed by atoms with Crippen LogP contribution < -0.4 is 10.1 Å². The van der Waals surface area contributed by atoms with E-state index in [1.54, 1.807) is 0 Å². The molecule has 2 bridgehead atoms. The third kappa shape index (κ3) is 1.88. The van der Waals surface area contributed by atoms with Crippen molar-refractivity contribution in [3.05, 3.63) is 35.5 Å². The van der Waals surface area contributed by atoms with E-state index < -0.39 is 17.2 Å². The van der Waals surface area contributed by atoms with Gasteiger partial charge >= 0.3 is 0 Å². The highest BCUT2D eigenvalue weighted by Gasteiger charge is 2.57. The third-order valence-corrected chi connectivity index (χ3v) is 4.54. The predicted octanol–water partition coefficient (Wildman–Crippen LogP) is 0.730. The molecule has 1 aliphatic carbocycles. The van der Waals surface area contributed by atoms with Crippen LogP contribution in [0.15, 0.2) is 30.0 Å². The number of benzene rings is 1. The molecule has 0 amide bonds. The predicted molar refractivity (Wildman–Crippen MR) is 77.4 cm³/mol. The molecular weight excluding hydrogens is 286 g/mol. The number of fused-ring (bicyclic) bond motifs is 2. The smallest absolute Gasteiger partial charge is 0.234 e. The average Bonchev–Trinajstić information content (AvgIpc) is 2.48. The van der Waals surface area contributed by atoms with E-state index in [0.29, 0.717) is 24.3 Å². The van der Waals surface area contributed by atoms with Gasteiger partial charge in [-0.25, -0.2) is 0 Å². The summed E-state index contributed by atoms with van der Waals surface area (Å²) in [6, 6.07) is 5.66. The van der Waals surface area contributed by atoms with E-state index in [9.17, 15) is 9.90 Å². The first-order valence-corrected chi connectivity index (χ1v) is 7.37. The number of nitrogens with one attached hydrogen (secondary N) is 1. The number of aliphatic hydroxyl groups excluding tert-OH is 1. The van der Waals surface area contributed by atoms with Crippen LogP contribution >= 0.6 is 0 Å². The topological polar surface area (TPSA) is 88.0 Å². The van der Waals surface area contributed by atoms with Gasteiger partial charge in [0.15, 0.2) is 5.60 Å². The Labute approximate surface area is 127 Å². The van der Waals surface area contributed by atoms with Crippen LogP contribution in [0, 0.1) is 0 Å². The SMILES string of the molecule is O=C1C=C2Nc3cc(CCO)ccc3O[C@]23CCO[C@@]1(O)C3. The Kier molecular flexibility index (Phi) is 2.84. The summed E-state index contributed by atoms with van der Waals surface area (Å²) in [5.41, 5.74) is 1.68. The Morgan fingerprint density at radius 3 is 3.05 bits per heavy atom. The van der Waals surface area contributed by atoms with Crippen LogP contribution in [0.25, 0.3) is 0 Å². The quantitative estimate of drug-likeness (QED) is 0.746. The van der Waals surface area contributed by atoms with Gasteiger partial charge in [0.2, 0.25) is 11.6 Å². The van der Waals surface area contributed by atoms with Gasteiger partial charge < -0.3 is 25.0 Å². The van der Waals surface area contributed by atoms with Gasteiger partial charge in [-0.05, 0) is 24.1 Å². The first-order chi connectivity index (χ1) is 10.5. The summed E-state index contributed by atoms with van der Waals surface area (Å²) in [5.74, 6) is -1.56. The van der Waals surface area contributed by atoms with E-state index >= 15 is 0 Å². The van der Waals surface area contributed by atoms with Gasteiger partial charge in [-0.1, -0.05) is 6.07 Å². The van der Waals surface area contributed by atoms with Crippen molar-refractivity contribution >= 4 is 11.5 Å². The number of hydrogen-bond acceptors (Lipinski definition) is 6. The second-order valence-electron chi connectivity index (χ2n) is 6.01. The number of carbonyl (C=O) groups excluding carboxylic acids is 1. The Balaban J connectivity index is 1.76. The average molecular weight is 303 g/mol. The van der Waals surface area contributed by atoms with E-state index in [-0.39, 0.29) is 19.6 Å². The van der Waals surface area contributed by atoms with Crippen LogP contribution in [-0.4, -0.2) is 40.6 Å². The number of aliphatic hydroxyl groups is 2. The molecule has 1 saturated heterocycles. The van der Waals surface area contributed by atoms with Crippen molar-refractivity contribution in [2.45, 2.75) is 30.7 Å². The van der Waals surface area contributed by atoms with E-state index in [1.807, 2.05) is 18.2 Å². The fourth-order valence-electron chi connectivity index (χ4n) is 3.37. The van der Waals surface area contributed by atoms with Crippen molar-refractivity contribution in [2.24, 2.45) is 0 Å². The van der Waals surface area contributed by atoms with E-state index in [4.69, 9.17) is 14.6 Å². The third-order valence-electron chi connectivity index (χ3n) is 4.54. The first kappa shape index (κ1) is 13.8. The van der Waals surface area contributed by atoms with Crippen LogP contribution in [0.5, 0.6) is 5.75 Å². The summed E-state index contributed by atoms with van der Waals surface area (Å²) in [6.45, 7) is 0.342. The minimum atomic E-state index is -1.78. The second-order valence-corrected chi connectivity index (χ2v) is 6.01. The Morgan fingerprint density at radius 1 is 1.36 bits per heavy atom. The van der Waals surface area contributed by atoms with Crippen LogP contribution in [0.4, 0.5) is 5.69 Å². The molecule has 1 aromatic rings. The van der Waals surface area contributed by atoms with E-state index in [1.165, 1.54) is 6.08 Å². The largest absolute Gasteiger partial charge is 0.479 e. The Bertz CT molecular complexity index is 685. The maximum Gasteiger partial charge on any atom is 0.234 e. The Morgan fingerprint density at radius 2 is 2.23 bits per heavy atom. The summed E-state index contributed by atoms with van der Waals surface area (Å²) in [5, 5.41) is 22.6. The van der Waals surface area contributed by atoms with Crippen LogP contribution in [0.2, 0.25) is 0 Å². The molecule has 2 heterocycles. The molecule has 1 spiro atoms. The molecule has 6 nitrogen and oxygen atoms in total. The molecule has 4 rings (SSSR count). The lowest BCUT2D eigenvalue weighted by Gasteiger charge is -2.50. The van der Waals surface area contributed by atoms with Crippen LogP contribution in [0.3, 0.4) is 0 Å². The van der Waals surface area contributed by atoms with Gasteiger partial charge in [0, 0.05) is 19.1 Å². The molecule has 0 unspecified atom stereocenters. The molecule has 3 N–H and O–H groups in total. The van der Waals surface area contributed by atoms with Gasteiger partial charge in [0.25, 0.3) is 0 Å². The number of carbonyl (C=O) groups is 1. The van der Waals surface area contributed by atoms with Crippen molar-refractivity contribution < 1.29 is 24.5 Å². The lowest BCUT2D eigenvalue weighted by molar-refractivity contribution is -0.243. The number of hydrogen-bond donors (Lipinski definition) is 3. The zero-order valence-corrected chi connectivity index (χ0v) is 12.0. The van der Waals surface area contributed by atoms with Crippen molar-refractivity contribution in [3.63, 3.8) is 0 Å². The highest BCUT2D eigenvalue weighted by Crippen LogP contribution is 2.48. The molecule has 0 aromatic heterocycles. The molecule has 2 aliphatic heterocycles. The fourth-order valence-corrected chi connectivity index (χ4v) is 3.37. The minimum absolute atomic E-state index is 0.0785. The number of anilines is 1. The lowest BCUT2D eigenvalue weighted by Crippen LogP contribution is -2.61. The highest BCUT2D eigenvalue weighted by molar-refractivity contribution is 5.99. The molecule has 22 heavy (non-hydrogen) atoms. The first-order valence-electron chi connectivity index (χ1n) is 7.37. The van der Waals surface area contributed by atoms with Crippen molar-refractivity contribution in [1.29, 1.82) is 0 Å². The maximum absolute atomic E-state index is 12.1. The molecule has 0 radical (unpaired) electrons. The lowest BCUT2D eigenvalue weighted by atomic mass is 9.77. The summed E-state index contributed by atoms with van der Waals surface area (Å²) < 4.78 is 11.4. The van der Waals surface area contributed by atoms with Gasteiger partial charge in [0.05, 0.1) is 24.4 Å². The fraction of sp³-hybridized carbons (Fsp3) is 0.438. The summed E-state index contributed by atoms with van der Waals surface area (Å²) in [7, 11) is 0. The molecule has 116 valence electrons. The van der Waals surface area contributed by atoms with Gasteiger partial charge in [-0.3, -0.25) is 4.79 Å². The van der Waals surface area contributed by atoms with Crippen LogP contribution in [0.1, 0.15) is 18.4 Å². The molecule has 6 heteroatoms. The number of ketones is 1. The summed E-state index contributed by atoms with van der Waals surface area (Å²) in [4.78, 5) is 12.1. The Hall–Kier alpha value is -1.89. The van der Waals surface area contributed by atoms with Gasteiger partial charge in [-0.15, -0.1) is 0 Å². The zero-order valence-electron chi connectivity index (χ0n) is 12.0. The van der Waals surface area contributed by atoms with Crippen LogP contribution in [-0.2, 0) is 16.0 Å². The van der Waals surface area contributed by atoms with Gasteiger partial charge in [0.1, 0.15) is 5.75 Å². The molecule has 0 saturated carbocycles. The van der Waals surface area contributed by atoms with Crippen molar-refractivity contribution in [3.8, 4) is 5.75 Å². The standard InChI is InChI=1S/C16H17NO5/c18-5-3-10-1-2-12-11(7-10)17-13-8-14(19)16(20)9-15(13,22-12)4-6-21-16/h1-2,7-8,17-18,20H,3-6,9H2/t15-,16-/m0/s1. The molecule has 3 aliphatic rings.